The number of aliphatic hydroxyl groups is 1. The predicted octanol–water partition coefficient (Wildman–Crippen LogP) is 0.591. The molecule has 2 heterocycles. The fourth-order valence-corrected chi connectivity index (χ4v) is 3.50. The molecule has 1 fully saturated rings. The van der Waals surface area contributed by atoms with Crippen LogP contribution in [0.5, 0.6) is 5.75 Å². The number of methoxy groups -OCH3 is 1. The molecule has 0 saturated carbocycles. The van der Waals surface area contributed by atoms with E-state index < -0.39 is 12.0 Å². The highest BCUT2D eigenvalue weighted by Gasteiger charge is 2.50. The number of nitrogens with zero attached hydrogens (tertiary/aromatic N) is 3. The number of hydrogen-bond acceptors (Lipinski definition) is 5. The maximum absolute atomic E-state index is 13.0. The number of rotatable bonds is 8. The van der Waals surface area contributed by atoms with Gasteiger partial charge in [-0.15, -0.1) is 0 Å². The zero-order valence-corrected chi connectivity index (χ0v) is 16.2. The molecule has 0 aliphatic carbocycles. The number of hydrogen-bond donors (Lipinski definition) is 2. The summed E-state index contributed by atoms with van der Waals surface area (Å²) in [5.74, 6) is 0.236. The molecule has 150 valence electrons. The molecule has 8 nitrogen and oxygen atoms in total. The quantitative estimate of drug-likeness (QED) is 0.692. The Balaban J connectivity index is 1.72. The van der Waals surface area contributed by atoms with Gasteiger partial charge in [0.2, 0.25) is 11.8 Å². The number of benzene rings is 1. The lowest BCUT2D eigenvalue weighted by Crippen LogP contribution is -2.66. The molecule has 0 spiro atoms. The summed E-state index contributed by atoms with van der Waals surface area (Å²) in [6.07, 6.45) is 4.12. The van der Waals surface area contributed by atoms with Gasteiger partial charge in [0.05, 0.1) is 31.1 Å². The first-order valence-electron chi connectivity index (χ1n) is 9.30. The van der Waals surface area contributed by atoms with Crippen LogP contribution in [0.4, 0.5) is 0 Å². The molecular formula is C20H26N4O4. The van der Waals surface area contributed by atoms with Crippen molar-refractivity contribution in [1.29, 1.82) is 0 Å². The van der Waals surface area contributed by atoms with Crippen LogP contribution >= 0.6 is 0 Å². The van der Waals surface area contributed by atoms with Gasteiger partial charge in [-0.2, -0.15) is 0 Å². The molecule has 1 aliphatic heterocycles. The van der Waals surface area contributed by atoms with E-state index in [9.17, 15) is 9.59 Å². The highest BCUT2D eigenvalue weighted by Crippen LogP contribution is 2.35. The summed E-state index contributed by atoms with van der Waals surface area (Å²) >= 11 is 0. The Bertz CT molecular complexity index is 842. The van der Waals surface area contributed by atoms with Crippen molar-refractivity contribution in [3.05, 3.63) is 48.0 Å². The zero-order chi connectivity index (χ0) is 20.1. The van der Waals surface area contributed by atoms with Crippen molar-refractivity contribution in [2.45, 2.75) is 26.4 Å². The standard InChI is InChI=1S/C20H26N4O4/c1-3-23-10-16(22-14-23)9-21-19(27)20(12-24(13-20)18(26)11-25)8-15-5-4-6-17(7-15)28-2/h4-7,10,14,25H,3,8-9,11-13H2,1-2H3,(H,21,27). The maximum atomic E-state index is 13.0. The normalized spacial score (nSPS) is 15.0. The highest BCUT2D eigenvalue weighted by atomic mass is 16.5. The van der Waals surface area contributed by atoms with Crippen molar-refractivity contribution in [1.82, 2.24) is 19.8 Å². The first kappa shape index (κ1) is 19.9. The van der Waals surface area contributed by atoms with Crippen molar-refractivity contribution >= 4 is 11.8 Å². The molecule has 28 heavy (non-hydrogen) atoms. The van der Waals surface area contributed by atoms with Crippen LogP contribution < -0.4 is 10.1 Å². The van der Waals surface area contributed by atoms with E-state index in [2.05, 4.69) is 10.3 Å². The molecule has 1 saturated heterocycles. The summed E-state index contributed by atoms with van der Waals surface area (Å²) in [6, 6.07) is 7.57. The van der Waals surface area contributed by atoms with Gasteiger partial charge in [0.15, 0.2) is 0 Å². The van der Waals surface area contributed by atoms with Crippen LogP contribution in [-0.4, -0.2) is 58.2 Å². The van der Waals surface area contributed by atoms with Crippen molar-refractivity contribution in [3.8, 4) is 5.75 Å². The Hall–Kier alpha value is -2.87. The topological polar surface area (TPSA) is 96.7 Å². The molecule has 1 aromatic heterocycles. The van der Waals surface area contributed by atoms with E-state index in [1.54, 1.807) is 13.4 Å². The van der Waals surface area contributed by atoms with E-state index in [0.29, 0.717) is 13.0 Å². The number of amides is 2. The van der Waals surface area contributed by atoms with Gasteiger partial charge in [0.25, 0.3) is 0 Å². The Morgan fingerprint density at radius 2 is 2.14 bits per heavy atom. The number of imidazole rings is 1. The molecule has 2 N–H and O–H groups in total. The first-order chi connectivity index (χ1) is 13.5. The third-order valence-electron chi connectivity index (χ3n) is 5.12. The van der Waals surface area contributed by atoms with Gasteiger partial charge in [-0.25, -0.2) is 4.98 Å². The molecule has 8 heteroatoms. The van der Waals surface area contributed by atoms with Gasteiger partial charge in [-0.1, -0.05) is 12.1 Å². The number of likely N-dealkylation sites (tertiary alicyclic amines) is 1. The molecule has 2 aromatic rings. The molecule has 0 atom stereocenters. The number of aliphatic hydroxyl groups excluding tert-OH is 1. The summed E-state index contributed by atoms with van der Waals surface area (Å²) in [7, 11) is 1.60. The van der Waals surface area contributed by atoms with Crippen LogP contribution in [0.15, 0.2) is 36.8 Å². The Labute approximate surface area is 164 Å². The molecule has 0 unspecified atom stereocenters. The van der Waals surface area contributed by atoms with Crippen LogP contribution in [-0.2, 0) is 29.1 Å². The van der Waals surface area contributed by atoms with Gasteiger partial charge in [0, 0.05) is 25.8 Å². The molecule has 3 rings (SSSR count). The van der Waals surface area contributed by atoms with Crippen molar-refractivity contribution in [2.75, 3.05) is 26.8 Å². The highest BCUT2D eigenvalue weighted by molar-refractivity contribution is 5.88. The van der Waals surface area contributed by atoms with E-state index in [4.69, 9.17) is 9.84 Å². The average molecular weight is 386 g/mol. The number of aromatic nitrogens is 2. The van der Waals surface area contributed by atoms with Crippen molar-refractivity contribution in [2.24, 2.45) is 5.41 Å². The van der Waals surface area contributed by atoms with Gasteiger partial charge in [-0.05, 0) is 31.0 Å². The fraction of sp³-hybridized carbons (Fsp3) is 0.450. The van der Waals surface area contributed by atoms with Crippen LogP contribution in [0.2, 0.25) is 0 Å². The second-order valence-electron chi connectivity index (χ2n) is 7.09. The second-order valence-corrected chi connectivity index (χ2v) is 7.09. The van der Waals surface area contributed by atoms with E-state index in [0.717, 1.165) is 23.6 Å². The van der Waals surface area contributed by atoms with E-state index in [-0.39, 0.29) is 24.9 Å². The lowest BCUT2D eigenvalue weighted by atomic mass is 9.73. The molecule has 0 radical (unpaired) electrons. The maximum Gasteiger partial charge on any atom is 0.248 e. The van der Waals surface area contributed by atoms with Crippen LogP contribution in [0.1, 0.15) is 18.2 Å². The van der Waals surface area contributed by atoms with Crippen LogP contribution in [0, 0.1) is 5.41 Å². The smallest absolute Gasteiger partial charge is 0.248 e. The summed E-state index contributed by atoms with van der Waals surface area (Å²) in [5, 5.41) is 12.1. The number of aryl methyl sites for hydroxylation is 1. The third kappa shape index (κ3) is 4.17. The molecule has 1 aromatic carbocycles. The van der Waals surface area contributed by atoms with Gasteiger partial charge >= 0.3 is 0 Å². The van der Waals surface area contributed by atoms with Crippen LogP contribution in [0.25, 0.3) is 0 Å². The Kier molecular flexibility index (Phi) is 5.99. The Morgan fingerprint density at radius 1 is 1.36 bits per heavy atom. The monoisotopic (exact) mass is 386 g/mol. The number of nitrogens with one attached hydrogen (secondary N) is 1. The molecule has 2 amide bonds. The summed E-state index contributed by atoms with van der Waals surface area (Å²) in [4.78, 5) is 30.6. The lowest BCUT2D eigenvalue weighted by molar-refractivity contribution is -0.155. The number of carbonyl (C=O) groups is 2. The fourth-order valence-electron chi connectivity index (χ4n) is 3.50. The van der Waals surface area contributed by atoms with Crippen molar-refractivity contribution < 1.29 is 19.4 Å². The molecular weight excluding hydrogens is 360 g/mol. The SMILES string of the molecule is CCn1cnc(CNC(=O)C2(Cc3cccc(OC)c3)CN(C(=O)CO)C2)c1. The second kappa shape index (κ2) is 8.43. The largest absolute Gasteiger partial charge is 0.497 e. The molecule has 1 aliphatic rings. The number of carbonyl (C=O) groups excluding carboxylic acids is 2. The van der Waals surface area contributed by atoms with Crippen molar-refractivity contribution in [3.63, 3.8) is 0 Å². The van der Waals surface area contributed by atoms with Gasteiger partial charge in [0.1, 0.15) is 12.4 Å². The van der Waals surface area contributed by atoms with Gasteiger partial charge in [-0.3, -0.25) is 9.59 Å². The van der Waals surface area contributed by atoms with Gasteiger partial charge < -0.3 is 24.6 Å². The summed E-state index contributed by atoms with van der Waals surface area (Å²) in [5.41, 5.74) is 1.01. The van der Waals surface area contributed by atoms with E-state index in [1.807, 2.05) is 42.0 Å². The zero-order valence-electron chi connectivity index (χ0n) is 16.2. The number of ether oxygens (including phenoxy) is 1. The average Bonchev–Trinajstić information content (AvgIpc) is 3.16. The minimum absolute atomic E-state index is 0.122. The minimum atomic E-state index is -0.732. The third-order valence-corrected chi connectivity index (χ3v) is 5.12. The predicted molar refractivity (Wildman–Crippen MR) is 103 cm³/mol. The van der Waals surface area contributed by atoms with E-state index >= 15 is 0 Å². The molecule has 0 bridgehead atoms. The van der Waals surface area contributed by atoms with Crippen LogP contribution in [0.3, 0.4) is 0 Å². The summed E-state index contributed by atoms with van der Waals surface area (Å²) in [6.45, 7) is 3.18. The Morgan fingerprint density at radius 3 is 2.79 bits per heavy atom. The minimum Gasteiger partial charge on any atom is -0.497 e. The first-order valence-corrected chi connectivity index (χ1v) is 9.30. The summed E-state index contributed by atoms with van der Waals surface area (Å²) < 4.78 is 7.21. The van der Waals surface area contributed by atoms with E-state index in [1.165, 1.54) is 4.90 Å². The lowest BCUT2D eigenvalue weighted by Gasteiger charge is -2.48.